The summed E-state index contributed by atoms with van der Waals surface area (Å²) in [6.45, 7) is 2.07. The van der Waals surface area contributed by atoms with Gasteiger partial charge in [0, 0.05) is 5.69 Å². The molecule has 82 valence electrons. The highest BCUT2D eigenvalue weighted by atomic mass is 14.6. The number of hydrogen-bond acceptors (Lipinski definition) is 2. The van der Waals surface area contributed by atoms with Crippen molar-refractivity contribution in [2.24, 2.45) is 5.73 Å². The van der Waals surface area contributed by atoms with Crippen LogP contribution >= 0.6 is 0 Å². The van der Waals surface area contributed by atoms with Gasteiger partial charge in [-0.15, -0.1) is 0 Å². The Morgan fingerprint density at radius 3 is 2.25 bits per heavy atom. The molecule has 0 amide bonds. The first kappa shape index (κ1) is 10.7. The number of nitrogens with two attached hydrogens (primary N) is 2. The Kier molecular flexibility index (Phi) is 2.93. The molecule has 2 aromatic carbocycles. The number of hydrogen-bond donors (Lipinski definition) is 2. The Morgan fingerprint density at radius 2 is 1.62 bits per heavy atom. The molecule has 2 rings (SSSR count). The lowest BCUT2D eigenvalue weighted by molar-refractivity contribution is 0.871. The highest BCUT2D eigenvalue weighted by Gasteiger charge is 2.08. The molecule has 0 aliphatic rings. The molecular formula is C14H16N2. The smallest absolute Gasteiger partial charge is 0.0552 e. The fraction of sp³-hybridized carbons (Fsp3) is 0.143. The zero-order valence-corrected chi connectivity index (χ0v) is 9.35. The van der Waals surface area contributed by atoms with Crippen LogP contribution in [0, 0.1) is 6.92 Å². The summed E-state index contributed by atoms with van der Waals surface area (Å²) in [5.41, 5.74) is 16.1. The third kappa shape index (κ3) is 2.23. The van der Waals surface area contributed by atoms with Crippen LogP contribution in [0.3, 0.4) is 0 Å². The zero-order valence-electron chi connectivity index (χ0n) is 9.35. The molecule has 4 N–H and O–H groups in total. The van der Waals surface area contributed by atoms with Gasteiger partial charge < -0.3 is 11.5 Å². The van der Waals surface area contributed by atoms with Crippen molar-refractivity contribution in [1.82, 2.24) is 0 Å². The first-order valence-electron chi connectivity index (χ1n) is 5.34. The first-order chi connectivity index (χ1) is 7.66. The van der Waals surface area contributed by atoms with E-state index in [9.17, 15) is 0 Å². The van der Waals surface area contributed by atoms with Crippen molar-refractivity contribution in [2.45, 2.75) is 13.0 Å². The number of nitrogen functional groups attached to an aromatic ring is 1. The van der Waals surface area contributed by atoms with E-state index in [0.29, 0.717) is 0 Å². The van der Waals surface area contributed by atoms with Crippen LogP contribution in [0.1, 0.15) is 22.7 Å². The predicted octanol–water partition coefficient (Wildman–Crippen LogP) is 2.63. The number of aryl methyl sites for hydroxylation is 1. The molecule has 0 fully saturated rings. The molecule has 0 spiro atoms. The third-order valence-electron chi connectivity index (χ3n) is 2.71. The highest BCUT2D eigenvalue weighted by Crippen LogP contribution is 2.21. The summed E-state index contributed by atoms with van der Waals surface area (Å²) in [6.07, 6.45) is 0. The Labute approximate surface area is 95.9 Å². The predicted molar refractivity (Wildman–Crippen MR) is 68.1 cm³/mol. The van der Waals surface area contributed by atoms with Gasteiger partial charge in [0.1, 0.15) is 0 Å². The lowest BCUT2D eigenvalue weighted by Gasteiger charge is -2.13. The summed E-state index contributed by atoms with van der Waals surface area (Å²) in [5.74, 6) is 0. The molecule has 2 nitrogen and oxygen atoms in total. The van der Waals surface area contributed by atoms with Gasteiger partial charge in [0.05, 0.1) is 6.04 Å². The van der Waals surface area contributed by atoms with Crippen molar-refractivity contribution in [2.75, 3.05) is 5.73 Å². The Bertz CT molecular complexity index is 474. The second-order valence-corrected chi connectivity index (χ2v) is 4.06. The molecule has 0 aliphatic heterocycles. The first-order valence-corrected chi connectivity index (χ1v) is 5.34. The van der Waals surface area contributed by atoms with Crippen LogP contribution in [0.2, 0.25) is 0 Å². The molecule has 0 unspecified atom stereocenters. The van der Waals surface area contributed by atoms with Gasteiger partial charge in [-0.1, -0.05) is 42.0 Å². The standard InChI is InChI=1S/C14H16N2/c1-10-5-7-11(8-6-10)14(16)12-3-2-4-13(15)9-12/h2-9,14H,15-16H2,1H3/t14-/m1/s1. The van der Waals surface area contributed by atoms with E-state index in [1.807, 2.05) is 24.3 Å². The molecule has 0 aliphatic carbocycles. The van der Waals surface area contributed by atoms with Crippen molar-refractivity contribution in [3.8, 4) is 0 Å². The van der Waals surface area contributed by atoms with Crippen LogP contribution in [-0.4, -0.2) is 0 Å². The van der Waals surface area contributed by atoms with E-state index in [1.165, 1.54) is 5.56 Å². The molecule has 0 saturated carbocycles. The minimum atomic E-state index is -0.107. The van der Waals surface area contributed by atoms with Gasteiger partial charge in [-0.3, -0.25) is 0 Å². The quantitative estimate of drug-likeness (QED) is 0.752. The van der Waals surface area contributed by atoms with Gasteiger partial charge in [0.25, 0.3) is 0 Å². The van der Waals surface area contributed by atoms with Crippen molar-refractivity contribution in [3.63, 3.8) is 0 Å². The van der Waals surface area contributed by atoms with Crippen molar-refractivity contribution < 1.29 is 0 Å². The minimum absolute atomic E-state index is 0.107. The second-order valence-electron chi connectivity index (χ2n) is 4.06. The molecule has 1 atom stereocenters. The van der Waals surface area contributed by atoms with Crippen LogP contribution in [-0.2, 0) is 0 Å². The average Bonchev–Trinajstić information content (AvgIpc) is 2.29. The summed E-state index contributed by atoms with van der Waals surface area (Å²) in [7, 11) is 0. The van der Waals surface area contributed by atoms with E-state index in [0.717, 1.165) is 16.8 Å². The van der Waals surface area contributed by atoms with Crippen LogP contribution < -0.4 is 11.5 Å². The molecule has 2 heteroatoms. The third-order valence-corrected chi connectivity index (χ3v) is 2.71. The van der Waals surface area contributed by atoms with Crippen molar-refractivity contribution in [3.05, 3.63) is 65.2 Å². The molecule has 2 aromatic rings. The van der Waals surface area contributed by atoms with Crippen molar-refractivity contribution >= 4 is 5.69 Å². The molecule has 16 heavy (non-hydrogen) atoms. The molecule has 0 saturated heterocycles. The molecular weight excluding hydrogens is 196 g/mol. The average molecular weight is 212 g/mol. The lowest BCUT2D eigenvalue weighted by Crippen LogP contribution is -2.11. The summed E-state index contributed by atoms with van der Waals surface area (Å²) in [5, 5.41) is 0. The van der Waals surface area contributed by atoms with Crippen LogP contribution in [0.4, 0.5) is 5.69 Å². The Balaban J connectivity index is 2.31. The van der Waals surface area contributed by atoms with E-state index in [4.69, 9.17) is 11.5 Å². The molecule has 0 radical (unpaired) electrons. The highest BCUT2D eigenvalue weighted by molar-refractivity contribution is 5.44. The Hall–Kier alpha value is -1.80. The second kappa shape index (κ2) is 4.37. The number of benzene rings is 2. The van der Waals surface area contributed by atoms with Gasteiger partial charge in [-0.05, 0) is 30.2 Å². The molecule has 0 bridgehead atoms. The fourth-order valence-corrected chi connectivity index (χ4v) is 1.72. The zero-order chi connectivity index (χ0) is 11.5. The van der Waals surface area contributed by atoms with E-state index in [1.54, 1.807) is 0 Å². The van der Waals surface area contributed by atoms with Crippen molar-refractivity contribution in [1.29, 1.82) is 0 Å². The fourth-order valence-electron chi connectivity index (χ4n) is 1.72. The van der Waals surface area contributed by atoms with Gasteiger partial charge >= 0.3 is 0 Å². The SMILES string of the molecule is Cc1ccc([C@@H](N)c2cccc(N)c2)cc1. The van der Waals surface area contributed by atoms with E-state index in [2.05, 4.69) is 31.2 Å². The van der Waals surface area contributed by atoms with Gasteiger partial charge in [0.15, 0.2) is 0 Å². The lowest BCUT2D eigenvalue weighted by atomic mass is 9.98. The number of rotatable bonds is 2. The van der Waals surface area contributed by atoms with Crippen LogP contribution in [0.15, 0.2) is 48.5 Å². The summed E-state index contributed by atoms with van der Waals surface area (Å²) < 4.78 is 0. The summed E-state index contributed by atoms with van der Waals surface area (Å²) in [4.78, 5) is 0. The van der Waals surface area contributed by atoms with Gasteiger partial charge in [-0.25, -0.2) is 0 Å². The minimum Gasteiger partial charge on any atom is -0.399 e. The number of anilines is 1. The van der Waals surface area contributed by atoms with Crippen LogP contribution in [0.5, 0.6) is 0 Å². The van der Waals surface area contributed by atoms with E-state index < -0.39 is 0 Å². The van der Waals surface area contributed by atoms with E-state index >= 15 is 0 Å². The maximum Gasteiger partial charge on any atom is 0.0552 e. The van der Waals surface area contributed by atoms with Crippen LogP contribution in [0.25, 0.3) is 0 Å². The normalized spacial score (nSPS) is 12.4. The maximum atomic E-state index is 6.18. The monoisotopic (exact) mass is 212 g/mol. The topological polar surface area (TPSA) is 52.0 Å². The largest absolute Gasteiger partial charge is 0.399 e. The Morgan fingerprint density at radius 1 is 0.938 bits per heavy atom. The van der Waals surface area contributed by atoms with Gasteiger partial charge in [-0.2, -0.15) is 0 Å². The molecule has 0 heterocycles. The molecule has 0 aromatic heterocycles. The summed E-state index contributed by atoms with van der Waals surface area (Å²) in [6, 6.07) is 15.9. The van der Waals surface area contributed by atoms with E-state index in [-0.39, 0.29) is 6.04 Å². The summed E-state index contributed by atoms with van der Waals surface area (Å²) >= 11 is 0. The maximum absolute atomic E-state index is 6.18. The van der Waals surface area contributed by atoms with Gasteiger partial charge in [0.2, 0.25) is 0 Å².